The molecular formula is C16H16N2O. The lowest BCUT2D eigenvalue weighted by Crippen LogP contribution is -2.22. The SMILES string of the molecule is Cc1ccc(Cn2c(=O)n(C)c3ccccc32)cc1. The van der Waals surface area contributed by atoms with Crippen molar-refractivity contribution in [2.45, 2.75) is 13.5 Å². The van der Waals surface area contributed by atoms with Crippen LogP contribution in [0.15, 0.2) is 53.3 Å². The summed E-state index contributed by atoms with van der Waals surface area (Å²) < 4.78 is 3.52. The molecule has 0 aliphatic heterocycles. The van der Waals surface area contributed by atoms with E-state index in [-0.39, 0.29) is 5.69 Å². The summed E-state index contributed by atoms with van der Waals surface area (Å²) in [6.45, 7) is 2.67. The van der Waals surface area contributed by atoms with Crippen molar-refractivity contribution in [1.82, 2.24) is 9.13 Å². The van der Waals surface area contributed by atoms with E-state index >= 15 is 0 Å². The lowest BCUT2D eigenvalue weighted by Gasteiger charge is -2.04. The maximum Gasteiger partial charge on any atom is 0.329 e. The van der Waals surface area contributed by atoms with Gasteiger partial charge in [-0.1, -0.05) is 42.0 Å². The van der Waals surface area contributed by atoms with Crippen LogP contribution in [-0.4, -0.2) is 9.13 Å². The fourth-order valence-corrected chi connectivity index (χ4v) is 2.39. The zero-order chi connectivity index (χ0) is 13.4. The Morgan fingerprint density at radius 1 is 0.947 bits per heavy atom. The smallest absolute Gasteiger partial charge is 0.295 e. The number of fused-ring (bicyclic) bond motifs is 1. The van der Waals surface area contributed by atoms with Crippen molar-refractivity contribution in [3.05, 3.63) is 70.1 Å². The first-order valence-corrected chi connectivity index (χ1v) is 6.36. The molecular weight excluding hydrogens is 236 g/mol. The minimum Gasteiger partial charge on any atom is -0.295 e. The highest BCUT2D eigenvalue weighted by atomic mass is 16.1. The molecule has 0 N–H and O–H groups in total. The van der Waals surface area contributed by atoms with Gasteiger partial charge in [0.15, 0.2) is 0 Å². The normalized spacial score (nSPS) is 11.1. The Morgan fingerprint density at radius 2 is 1.58 bits per heavy atom. The van der Waals surface area contributed by atoms with Gasteiger partial charge in [0.05, 0.1) is 17.6 Å². The van der Waals surface area contributed by atoms with Crippen molar-refractivity contribution in [3.8, 4) is 0 Å². The van der Waals surface area contributed by atoms with Gasteiger partial charge in [-0.05, 0) is 24.6 Å². The van der Waals surface area contributed by atoms with Crippen molar-refractivity contribution in [2.75, 3.05) is 0 Å². The van der Waals surface area contributed by atoms with Crippen LogP contribution in [0, 0.1) is 6.92 Å². The summed E-state index contributed by atoms with van der Waals surface area (Å²) in [4.78, 5) is 12.3. The van der Waals surface area contributed by atoms with E-state index in [1.807, 2.05) is 35.9 Å². The van der Waals surface area contributed by atoms with Crippen LogP contribution in [0.2, 0.25) is 0 Å². The highest BCUT2D eigenvalue weighted by molar-refractivity contribution is 5.75. The second-order valence-corrected chi connectivity index (χ2v) is 4.90. The molecule has 3 aromatic rings. The Labute approximate surface area is 111 Å². The van der Waals surface area contributed by atoms with E-state index in [0.29, 0.717) is 6.54 Å². The van der Waals surface area contributed by atoms with Gasteiger partial charge < -0.3 is 0 Å². The summed E-state index contributed by atoms with van der Waals surface area (Å²) in [5.41, 5.74) is 4.36. The summed E-state index contributed by atoms with van der Waals surface area (Å²) >= 11 is 0. The average molecular weight is 252 g/mol. The minimum atomic E-state index is 0.0294. The van der Waals surface area contributed by atoms with Gasteiger partial charge in [0, 0.05) is 7.05 Å². The minimum absolute atomic E-state index is 0.0294. The first-order valence-electron chi connectivity index (χ1n) is 6.36. The third kappa shape index (κ3) is 1.97. The molecule has 0 fully saturated rings. The summed E-state index contributed by atoms with van der Waals surface area (Å²) in [6, 6.07) is 16.2. The molecule has 1 aromatic heterocycles. The van der Waals surface area contributed by atoms with Crippen molar-refractivity contribution in [3.63, 3.8) is 0 Å². The molecule has 1 heterocycles. The number of imidazole rings is 1. The van der Waals surface area contributed by atoms with Crippen LogP contribution < -0.4 is 5.69 Å². The molecule has 0 unspecified atom stereocenters. The Morgan fingerprint density at radius 3 is 2.26 bits per heavy atom. The maximum atomic E-state index is 12.3. The van der Waals surface area contributed by atoms with Crippen LogP contribution in [0.3, 0.4) is 0 Å². The molecule has 3 rings (SSSR count). The molecule has 96 valence electrons. The zero-order valence-corrected chi connectivity index (χ0v) is 11.1. The van der Waals surface area contributed by atoms with Crippen LogP contribution >= 0.6 is 0 Å². The molecule has 0 saturated heterocycles. The van der Waals surface area contributed by atoms with E-state index in [9.17, 15) is 4.79 Å². The van der Waals surface area contributed by atoms with Gasteiger partial charge in [-0.15, -0.1) is 0 Å². The summed E-state index contributed by atoms with van der Waals surface area (Å²) in [5.74, 6) is 0. The van der Waals surface area contributed by atoms with Gasteiger partial charge in [0.25, 0.3) is 0 Å². The third-order valence-corrected chi connectivity index (χ3v) is 3.51. The summed E-state index contributed by atoms with van der Waals surface area (Å²) in [6.07, 6.45) is 0. The number of hydrogen-bond donors (Lipinski definition) is 0. The zero-order valence-electron chi connectivity index (χ0n) is 11.1. The van der Waals surface area contributed by atoms with E-state index in [4.69, 9.17) is 0 Å². The fraction of sp³-hybridized carbons (Fsp3) is 0.188. The fourth-order valence-electron chi connectivity index (χ4n) is 2.39. The van der Waals surface area contributed by atoms with Crippen LogP contribution in [0.1, 0.15) is 11.1 Å². The maximum absolute atomic E-state index is 12.3. The van der Waals surface area contributed by atoms with E-state index < -0.39 is 0 Å². The average Bonchev–Trinajstić information content (AvgIpc) is 2.67. The first-order chi connectivity index (χ1) is 9.16. The number of rotatable bonds is 2. The predicted molar refractivity (Wildman–Crippen MR) is 77.5 cm³/mol. The van der Waals surface area contributed by atoms with Crippen LogP contribution in [0.25, 0.3) is 11.0 Å². The number of hydrogen-bond acceptors (Lipinski definition) is 1. The first kappa shape index (κ1) is 11.8. The van der Waals surface area contributed by atoms with Crippen LogP contribution in [0.4, 0.5) is 0 Å². The van der Waals surface area contributed by atoms with E-state index in [1.165, 1.54) is 5.56 Å². The number of benzene rings is 2. The van der Waals surface area contributed by atoms with E-state index in [0.717, 1.165) is 16.6 Å². The molecule has 0 radical (unpaired) electrons. The van der Waals surface area contributed by atoms with Crippen molar-refractivity contribution in [1.29, 1.82) is 0 Å². The molecule has 0 spiro atoms. The lowest BCUT2D eigenvalue weighted by molar-refractivity contribution is 0.736. The number of aromatic nitrogens is 2. The van der Waals surface area contributed by atoms with E-state index in [2.05, 4.69) is 31.2 Å². The van der Waals surface area contributed by atoms with Crippen LogP contribution in [0.5, 0.6) is 0 Å². The summed E-state index contributed by atoms with van der Waals surface area (Å²) in [5, 5.41) is 0. The van der Waals surface area contributed by atoms with Gasteiger partial charge in [-0.3, -0.25) is 9.13 Å². The highest BCUT2D eigenvalue weighted by Gasteiger charge is 2.09. The third-order valence-electron chi connectivity index (χ3n) is 3.51. The number of para-hydroxylation sites is 2. The van der Waals surface area contributed by atoms with Crippen LogP contribution in [-0.2, 0) is 13.6 Å². The molecule has 0 bridgehead atoms. The summed E-state index contributed by atoms with van der Waals surface area (Å²) in [7, 11) is 1.82. The molecule has 0 aliphatic rings. The topological polar surface area (TPSA) is 26.9 Å². The second kappa shape index (κ2) is 4.43. The Hall–Kier alpha value is -2.29. The Balaban J connectivity index is 2.13. The Bertz CT molecular complexity index is 779. The highest BCUT2D eigenvalue weighted by Crippen LogP contribution is 2.13. The molecule has 0 saturated carbocycles. The van der Waals surface area contributed by atoms with E-state index in [1.54, 1.807) is 4.57 Å². The molecule has 0 aliphatic carbocycles. The van der Waals surface area contributed by atoms with Crippen molar-refractivity contribution >= 4 is 11.0 Å². The van der Waals surface area contributed by atoms with Gasteiger partial charge in [-0.2, -0.15) is 0 Å². The molecule has 3 nitrogen and oxygen atoms in total. The standard InChI is InChI=1S/C16H16N2O/c1-12-7-9-13(10-8-12)11-18-15-6-4-3-5-14(15)17(2)16(18)19/h3-10H,11H2,1-2H3. The second-order valence-electron chi connectivity index (χ2n) is 4.90. The van der Waals surface area contributed by atoms with Crippen molar-refractivity contribution in [2.24, 2.45) is 7.05 Å². The molecule has 0 amide bonds. The molecule has 0 atom stereocenters. The van der Waals surface area contributed by atoms with Gasteiger partial charge in [0.1, 0.15) is 0 Å². The van der Waals surface area contributed by atoms with Crippen molar-refractivity contribution < 1.29 is 0 Å². The largest absolute Gasteiger partial charge is 0.329 e. The van der Waals surface area contributed by atoms with Gasteiger partial charge >= 0.3 is 5.69 Å². The number of aryl methyl sites for hydroxylation is 2. The monoisotopic (exact) mass is 252 g/mol. The van der Waals surface area contributed by atoms with Gasteiger partial charge in [0.2, 0.25) is 0 Å². The quantitative estimate of drug-likeness (QED) is 0.689. The lowest BCUT2D eigenvalue weighted by atomic mass is 10.1. The Kier molecular flexibility index (Phi) is 2.75. The number of nitrogens with zero attached hydrogens (tertiary/aromatic N) is 2. The van der Waals surface area contributed by atoms with Gasteiger partial charge in [-0.25, -0.2) is 4.79 Å². The molecule has 3 heteroatoms. The molecule has 19 heavy (non-hydrogen) atoms. The molecule has 2 aromatic carbocycles. The predicted octanol–water partition coefficient (Wildman–Crippen LogP) is 2.70.